The first-order chi connectivity index (χ1) is 10.5. The molecule has 0 N–H and O–H groups in total. The summed E-state index contributed by atoms with van der Waals surface area (Å²) in [6.07, 6.45) is -18.9. The molecule has 0 fully saturated rings. The van der Waals surface area contributed by atoms with Crippen LogP contribution in [0.5, 0.6) is 0 Å². The Morgan fingerprint density at radius 1 is 0.917 bits per heavy atom. The van der Waals surface area contributed by atoms with E-state index in [-0.39, 0.29) is 0 Å². The molecule has 0 aliphatic carbocycles. The molecule has 0 rings (SSSR count). The number of halogens is 11. The highest BCUT2D eigenvalue weighted by atomic mass is 19.4. The first kappa shape index (κ1) is 22.4. The van der Waals surface area contributed by atoms with Crippen LogP contribution in [0.2, 0.25) is 0 Å². The van der Waals surface area contributed by atoms with Gasteiger partial charge in [0, 0.05) is 5.57 Å². The van der Waals surface area contributed by atoms with Crippen LogP contribution >= 0.6 is 0 Å². The van der Waals surface area contributed by atoms with Gasteiger partial charge in [-0.05, 0) is 6.92 Å². The van der Waals surface area contributed by atoms with Gasteiger partial charge >= 0.3 is 30.1 Å². The van der Waals surface area contributed by atoms with Crippen LogP contribution in [0.3, 0.4) is 0 Å². The number of hydrogen-bond acceptors (Lipinski definition) is 2. The Hall–Kier alpha value is -1.56. The zero-order valence-electron chi connectivity index (χ0n) is 11.5. The Labute approximate surface area is 127 Å². The molecule has 0 aromatic rings. The zero-order valence-corrected chi connectivity index (χ0v) is 11.5. The first-order valence-electron chi connectivity index (χ1n) is 5.72. The average Bonchev–Trinajstić information content (AvgIpc) is 2.44. The summed E-state index contributed by atoms with van der Waals surface area (Å²) in [7, 11) is 0. The van der Waals surface area contributed by atoms with E-state index < -0.39 is 54.4 Å². The van der Waals surface area contributed by atoms with Crippen molar-refractivity contribution in [1.29, 1.82) is 0 Å². The molecule has 0 amide bonds. The minimum Gasteiger partial charge on any atom is -0.421 e. The highest BCUT2D eigenvalue weighted by molar-refractivity contribution is 5.87. The fourth-order valence-electron chi connectivity index (χ4n) is 1.13. The van der Waals surface area contributed by atoms with Gasteiger partial charge in [-0.3, -0.25) is 0 Å². The van der Waals surface area contributed by atoms with Crippen LogP contribution in [-0.2, 0) is 9.53 Å². The van der Waals surface area contributed by atoms with Crippen molar-refractivity contribution in [3.05, 3.63) is 12.2 Å². The average molecular weight is 382 g/mol. The highest BCUT2D eigenvalue weighted by Gasteiger charge is 2.79. The lowest BCUT2D eigenvalue weighted by Crippen LogP contribution is -2.64. The zero-order chi connectivity index (χ0) is 19.7. The first-order valence-corrected chi connectivity index (χ1v) is 5.72. The lowest BCUT2D eigenvalue weighted by molar-refractivity contribution is -0.364. The van der Waals surface area contributed by atoms with Crippen molar-refractivity contribution in [2.24, 2.45) is 0 Å². The summed E-state index contributed by atoms with van der Waals surface area (Å²) in [5, 5.41) is 0. The Balaban J connectivity index is 5.65. The van der Waals surface area contributed by atoms with Crippen molar-refractivity contribution < 1.29 is 57.8 Å². The van der Waals surface area contributed by atoms with Gasteiger partial charge in [0.25, 0.3) is 6.43 Å². The minimum atomic E-state index is -7.02. The number of hydrogen-bond donors (Lipinski definition) is 0. The quantitative estimate of drug-likeness (QED) is 0.357. The van der Waals surface area contributed by atoms with Gasteiger partial charge in [-0.2, -0.15) is 30.7 Å². The molecule has 24 heavy (non-hydrogen) atoms. The Kier molecular flexibility index (Phi) is 6.67. The smallest absolute Gasteiger partial charge is 0.381 e. The topological polar surface area (TPSA) is 26.3 Å². The van der Waals surface area contributed by atoms with Crippen LogP contribution in [0.15, 0.2) is 12.2 Å². The number of rotatable bonds is 8. The molecule has 3 unspecified atom stereocenters. The minimum absolute atomic E-state index is 0.758. The molecule has 0 aliphatic heterocycles. The summed E-state index contributed by atoms with van der Waals surface area (Å²) >= 11 is 0. The van der Waals surface area contributed by atoms with E-state index in [0.717, 1.165) is 6.92 Å². The number of alkyl halides is 11. The molecule has 0 aromatic carbocycles. The third-order valence-corrected chi connectivity index (χ3v) is 2.55. The molecule has 3 atom stereocenters. The van der Waals surface area contributed by atoms with Crippen LogP contribution in [0.1, 0.15) is 6.92 Å². The van der Waals surface area contributed by atoms with E-state index in [4.69, 9.17) is 0 Å². The number of ether oxygens (including phenoxy) is 1. The molecule has 13 heteroatoms. The molecule has 0 radical (unpaired) electrons. The summed E-state index contributed by atoms with van der Waals surface area (Å²) in [4.78, 5) is 10.7. The van der Waals surface area contributed by atoms with E-state index in [1.807, 2.05) is 0 Å². The molecule has 0 aliphatic rings. The fraction of sp³-hybridized carbons (Fsp3) is 0.727. The molecule has 0 saturated heterocycles. The van der Waals surface area contributed by atoms with Gasteiger partial charge in [-0.25, -0.2) is 22.4 Å². The maximum absolute atomic E-state index is 13.2. The highest BCUT2D eigenvalue weighted by Crippen LogP contribution is 2.51. The van der Waals surface area contributed by atoms with E-state index in [1.165, 1.54) is 0 Å². The third-order valence-electron chi connectivity index (χ3n) is 2.55. The van der Waals surface area contributed by atoms with Crippen molar-refractivity contribution in [3.8, 4) is 0 Å². The summed E-state index contributed by atoms with van der Waals surface area (Å²) in [5.74, 6) is -22.4. The van der Waals surface area contributed by atoms with E-state index >= 15 is 0 Å². The lowest BCUT2D eigenvalue weighted by atomic mass is 9.97. The molecular formula is C11H9F11O2. The largest absolute Gasteiger partial charge is 0.421 e. The Bertz CT molecular complexity index is 477. The van der Waals surface area contributed by atoms with Crippen molar-refractivity contribution in [2.75, 3.05) is 0 Å². The SMILES string of the molecule is C=C(C)C(=O)OC(F)C(F)(F)C(F)(F)C(F)(F)C(F)C(F)C(F)F. The maximum atomic E-state index is 13.2. The predicted octanol–water partition coefficient (Wildman–Crippen LogP) is 4.25. The Morgan fingerprint density at radius 2 is 1.33 bits per heavy atom. The molecule has 0 bridgehead atoms. The van der Waals surface area contributed by atoms with Crippen LogP contribution in [0, 0.1) is 0 Å². The second kappa shape index (κ2) is 7.13. The van der Waals surface area contributed by atoms with E-state index in [0.29, 0.717) is 0 Å². The predicted molar refractivity (Wildman–Crippen MR) is 56.4 cm³/mol. The summed E-state index contributed by atoms with van der Waals surface area (Å²) in [6, 6.07) is 0. The molecule has 0 aromatic heterocycles. The van der Waals surface area contributed by atoms with Crippen LogP contribution < -0.4 is 0 Å². The number of carbonyl (C=O) groups is 1. The van der Waals surface area contributed by atoms with Crippen LogP contribution in [0.4, 0.5) is 48.3 Å². The molecule has 0 heterocycles. The normalized spacial score (nSPS) is 17.4. The van der Waals surface area contributed by atoms with E-state index in [1.54, 1.807) is 0 Å². The van der Waals surface area contributed by atoms with E-state index in [2.05, 4.69) is 11.3 Å². The van der Waals surface area contributed by atoms with Crippen molar-refractivity contribution in [1.82, 2.24) is 0 Å². The van der Waals surface area contributed by atoms with Crippen molar-refractivity contribution in [3.63, 3.8) is 0 Å². The van der Waals surface area contributed by atoms with E-state index in [9.17, 15) is 53.1 Å². The van der Waals surface area contributed by atoms with Crippen LogP contribution in [-0.4, -0.2) is 48.9 Å². The molecule has 2 nitrogen and oxygen atoms in total. The molecule has 0 spiro atoms. The Morgan fingerprint density at radius 3 is 1.67 bits per heavy atom. The summed E-state index contributed by atoms with van der Waals surface area (Å²) in [5.41, 5.74) is -0.784. The molecule has 142 valence electrons. The van der Waals surface area contributed by atoms with Gasteiger partial charge in [0.2, 0.25) is 6.17 Å². The standard InChI is InChI=1S/C11H9F11O2/c1-3(2)7(23)24-8(16)10(19,20)11(21,22)9(17,18)5(13)4(12)6(14)15/h4-6,8H,1H2,2H3. The van der Waals surface area contributed by atoms with Crippen molar-refractivity contribution in [2.45, 2.75) is 49.8 Å². The second-order valence-corrected chi connectivity index (χ2v) is 4.50. The summed E-state index contributed by atoms with van der Waals surface area (Å²) < 4.78 is 144. The molecule has 0 saturated carbocycles. The van der Waals surface area contributed by atoms with Gasteiger partial charge in [0.1, 0.15) is 0 Å². The second-order valence-electron chi connectivity index (χ2n) is 4.50. The van der Waals surface area contributed by atoms with Gasteiger partial charge in [0.15, 0.2) is 6.17 Å². The third kappa shape index (κ3) is 3.91. The molecular weight excluding hydrogens is 373 g/mol. The maximum Gasteiger partial charge on any atom is 0.381 e. The lowest BCUT2D eigenvalue weighted by Gasteiger charge is -2.35. The number of esters is 1. The summed E-state index contributed by atoms with van der Waals surface area (Å²) in [6.45, 7) is 3.52. The van der Waals surface area contributed by atoms with Crippen LogP contribution in [0.25, 0.3) is 0 Å². The van der Waals surface area contributed by atoms with Gasteiger partial charge in [-0.15, -0.1) is 0 Å². The number of carbonyl (C=O) groups excluding carboxylic acids is 1. The monoisotopic (exact) mass is 382 g/mol. The van der Waals surface area contributed by atoms with Gasteiger partial charge in [-0.1, -0.05) is 6.58 Å². The van der Waals surface area contributed by atoms with Gasteiger partial charge < -0.3 is 4.74 Å². The van der Waals surface area contributed by atoms with Gasteiger partial charge in [0.05, 0.1) is 0 Å². The fourth-order valence-corrected chi connectivity index (χ4v) is 1.13. The van der Waals surface area contributed by atoms with Crippen molar-refractivity contribution >= 4 is 5.97 Å².